The van der Waals surface area contributed by atoms with Crippen LogP contribution in [0.15, 0.2) is 11.6 Å². The molecule has 0 aromatic heterocycles. The van der Waals surface area contributed by atoms with E-state index >= 15 is 0 Å². The van der Waals surface area contributed by atoms with Crippen LogP contribution in [0.1, 0.15) is 32.6 Å². The van der Waals surface area contributed by atoms with Gasteiger partial charge in [-0.15, -0.1) is 0 Å². The summed E-state index contributed by atoms with van der Waals surface area (Å²) in [6.45, 7) is 2.22. The Labute approximate surface area is 55.8 Å². The molecule has 9 heavy (non-hydrogen) atoms. The highest BCUT2D eigenvalue weighted by Gasteiger charge is 1.95. The van der Waals surface area contributed by atoms with Crippen molar-refractivity contribution in [2.45, 2.75) is 32.6 Å². The topological polar surface area (TPSA) is 40.5 Å². The molecule has 2 heteroatoms. The Hall–Kier alpha value is -0.340. The summed E-state index contributed by atoms with van der Waals surface area (Å²) in [5.74, 6) is 0. The Kier molecular flexibility index (Phi) is 5.57. The third kappa shape index (κ3) is 4.18. The molecule has 0 fully saturated rings. The molecule has 1 aliphatic rings. The minimum atomic E-state index is 1.33. The molecule has 0 aliphatic heterocycles. The van der Waals surface area contributed by atoms with Gasteiger partial charge in [0.25, 0.3) is 0 Å². The summed E-state index contributed by atoms with van der Waals surface area (Å²) in [5.41, 5.74) is 1.59. The molecule has 0 atom stereocenters. The molecule has 0 aromatic carbocycles. The third-order valence-corrected chi connectivity index (χ3v) is 1.52. The lowest BCUT2D eigenvalue weighted by atomic mass is 10.0. The molecule has 0 radical (unpaired) electrons. The molecule has 1 aliphatic carbocycles. The van der Waals surface area contributed by atoms with Gasteiger partial charge >= 0.3 is 0 Å². The maximum Gasteiger partial charge on any atom is -0.0323 e. The van der Waals surface area contributed by atoms with Gasteiger partial charge in [0, 0.05) is 0 Å². The van der Waals surface area contributed by atoms with Crippen LogP contribution in [0.25, 0.3) is 0 Å². The summed E-state index contributed by atoms with van der Waals surface area (Å²) in [4.78, 5) is 0. The van der Waals surface area contributed by atoms with Gasteiger partial charge in [0.15, 0.2) is 0 Å². The fourth-order valence-corrected chi connectivity index (χ4v) is 0.999. The second kappa shape index (κ2) is 5.79. The number of allylic oxidation sites excluding steroid dienone is 2. The standard InChI is InChI=1S/C7H12.H2O2/c1-7-5-3-2-4-6-7;1-2/h5H,2-4,6H2,1H3;1-2H. The van der Waals surface area contributed by atoms with Crippen molar-refractivity contribution < 1.29 is 10.5 Å². The maximum atomic E-state index is 6.00. The molecule has 0 spiro atoms. The highest BCUT2D eigenvalue weighted by Crippen LogP contribution is 2.15. The molecule has 0 amide bonds. The number of hydrogen-bond acceptors (Lipinski definition) is 2. The zero-order valence-corrected chi connectivity index (χ0v) is 5.80. The van der Waals surface area contributed by atoms with E-state index in [1.165, 1.54) is 25.7 Å². The van der Waals surface area contributed by atoms with E-state index in [2.05, 4.69) is 13.0 Å². The molecule has 2 N–H and O–H groups in total. The van der Waals surface area contributed by atoms with Gasteiger partial charge in [0.1, 0.15) is 0 Å². The van der Waals surface area contributed by atoms with E-state index in [0.717, 1.165) is 0 Å². The van der Waals surface area contributed by atoms with Crippen LogP contribution in [-0.2, 0) is 0 Å². The van der Waals surface area contributed by atoms with E-state index in [1.807, 2.05) is 0 Å². The van der Waals surface area contributed by atoms with Gasteiger partial charge in [-0.25, -0.2) is 0 Å². The predicted molar refractivity (Wildman–Crippen MR) is 37.5 cm³/mol. The van der Waals surface area contributed by atoms with Crippen LogP contribution in [0.3, 0.4) is 0 Å². The smallest absolute Gasteiger partial charge is 0.0323 e. The van der Waals surface area contributed by atoms with E-state index in [9.17, 15) is 0 Å². The summed E-state index contributed by atoms with van der Waals surface area (Å²) in [6, 6.07) is 0. The molecule has 0 aromatic rings. The summed E-state index contributed by atoms with van der Waals surface area (Å²) in [6.07, 6.45) is 7.86. The molecular formula is C7H14O2. The zero-order valence-electron chi connectivity index (χ0n) is 5.80. The lowest BCUT2D eigenvalue weighted by molar-refractivity contribution is -0.176. The van der Waals surface area contributed by atoms with Crippen molar-refractivity contribution >= 4 is 0 Å². The van der Waals surface area contributed by atoms with Crippen molar-refractivity contribution in [1.82, 2.24) is 0 Å². The van der Waals surface area contributed by atoms with Gasteiger partial charge in [-0.2, -0.15) is 0 Å². The summed E-state index contributed by atoms with van der Waals surface area (Å²) >= 11 is 0. The van der Waals surface area contributed by atoms with Crippen LogP contribution in [0.5, 0.6) is 0 Å². The molecule has 0 bridgehead atoms. The van der Waals surface area contributed by atoms with Crippen molar-refractivity contribution in [3.8, 4) is 0 Å². The minimum Gasteiger partial charge on any atom is -0.255 e. The summed E-state index contributed by atoms with van der Waals surface area (Å²) in [7, 11) is 0. The normalized spacial score (nSPS) is 17.4. The average Bonchev–Trinajstić information content (AvgIpc) is 1.94. The Balaban J connectivity index is 0.000000291. The Bertz CT molecular complexity index is 86.9. The van der Waals surface area contributed by atoms with E-state index in [0.29, 0.717) is 0 Å². The molecule has 2 nitrogen and oxygen atoms in total. The minimum absolute atomic E-state index is 1.33. The maximum absolute atomic E-state index is 6.00. The van der Waals surface area contributed by atoms with Crippen LogP contribution in [0.4, 0.5) is 0 Å². The van der Waals surface area contributed by atoms with Gasteiger partial charge in [-0.3, -0.25) is 10.5 Å². The van der Waals surface area contributed by atoms with Crippen molar-refractivity contribution in [3.63, 3.8) is 0 Å². The van der Waals surface area contributed by atoms with Gasteiger partial charge in [-0.05, 0) is 32.6 Å². The van der Waals surface area contributed by atoms with E-state index < -0.39 is 0 Å². The Morgan fingerprint density at radius 3 is 2.22 bits per heavy atom. The Morgan fingerprint density at radius 2 is 2.00 bits per heavy atom. The third-order valence-electron chi connectivity index (χ3n) is 1.52. The fourth-order valence-electron chi connectivity index (χ4n) is 0.999. The molecular weight excluding hydrogens is 116 g/mol. The lowest BCUT2D eigenvalue weighted by Gasteiger charge is -2.05. The SMILES string of the molecule is CC1=CCCCC1.OO. The zero-order chi connectivity index (χ0) is 7.11. The van der Waals surface area contributed by atoms with Crippen LogP contribution >= 0.6 is 0 Å². The summed E-state index contributed by atoms with van der Waals surface area (Å²) in [5, 5.41) is 12.0. The first-order valence-corrected chi connectivity index (χ1v) is 3.25. The number of rotatable bonds is 0. The number of hydrogen-bond donors (Lipinski definition) is 2. The first-order chi connectivity index (χ1) is 4.39. The van der Waals surface area contributed by atoms with E-state index in [1.54, 1.807) is 5.57 Å². The van der Waals surface area contributed by atoms with Crippen molar-refractivity contribution in [2.24, 2.45) is 0 Å². The largest absolute Gasteiger partial charge is 0.255 e. The van der Waals surface area contributed by atoms with Crippen molar-refractivity contribution in [2.75, 3.05) is 0 Å². The first-order valence-electron chi connectivity index (χ1n) is 3.25. The molecule has 0 saturated carbocycles. The van der Waals surface area contributed by atoms with Gasteiger partial charge in [0.2, 0.25) is 0 Å². The van der Waals surface area contributed by atoms with Crippen LogP contribution < -0.4 is 0 Å². The highest BCUT2D eigenvalue weighted by atomic mass is 17.0. The van der Waals surface area contributed by atoms with Crippen molar-refractivity contribution in [1.29, 1.82) is 0 Å². The second-order valence-corrected chi connectivity index (χ2v) is 2.30. The van der Waals surface area contributed by atoms with E-state index in [-0.39, 0.29) is 0 Å². The molecule has 0 saturated heterocycles. The molecule has 0 unspecified atom stereocenters. The summed E-state index contributed by atoms with van der Waals surface area (Å²) < 4.78 is 0. The first kappa shape index (κ1) is 8.66. The second-order valence-electron chi connectivity index (χ2n) is 2.30. The lowest BCUT2D eigenvalue weighted by Crippen LogP contribution is -1.85. The van der Waals surface area contributed by atoms with Gasteiger partial charge in [-0.1, -0.05) is 11.6 Å². The van der Waals surface area contributed by atoms with Crippen LogP contribution in [-0.4, -0.2) is 10.5 Å². The van der Waals surface area contributed by atoms with Crippen LogP contribution in [0, 0.1) is 0 Å². The van der Waals surface area contributed by atoms with Crippen LogP contribution in [0.2, 0.25) is 0 Å². The molecule has 1 rings (SSSR count). The molecule has 0 heterocycles. The molecule has 54 valence electrons. The Morgan fingerprint density at radius 1 is 1.33 bits per heavy atom. The fraction of sp³-hybridized carbons (Fsp3) is 0.714. The monoisotopic (exact) mass is 130 g/mol. The van der Waals surface area contributed by atoms with E-state index in [4.69, 9.17) is 10.5 Å². The average molecular weight is 130 g/mol. The quantitative estimate of drug-likeness (QED) is 0.300. The predicted octanol–water partition coefficient (Wildman–Crippen LogP) is 2.52. The van der Waals surface area contributed by atoms with Gasteiger partial charge in [0.05, 0.1) is 0 Å². The van der Waals surface area contributed by atoms with Crippen molar-refractivity contribution in [3.05, 3.63) is 11.6 Å². The highest BCUT2D eigenvalue weighted by molar-refractivity contribution is 5.00. The van der Waals surface area contributed by atoms with Gasteiger partial charge < -0.3 is 0 Å².